The Bertz CT molecular complexity index is 444. The lowest BCUT2D eigenvalue weighted by Crippen LogP contribution is -2.33. The highest BCUT2D eigenvalue weighted by atomic mass is 16.5. The van der Waals surface area contributed by atoms with Gasteiger partial charge in [-0.15, -0.1) is 0 Å². The molecule has 0 saturated carbocycles. The maximum absolute atomic E-state index is 5.94. The van der Waals surface area contributed by atoms with E-state index in [9.17, 15) is 0 Å². The molecular weight excluding hydrogens is 264 g/mol. The topological polar surface area (TPSA) is 50.3 Å². The third kappa shape index (κ3) is 4.56. The second-order valence-corrected chi connectivity index (χ2v) is 5.67. The van der Waals surface area contributed by atoms with Crippen molar-refractivity contribution < 1.29 is 4.74 Å². The van der Waals surface area contributed by atoms with Crippen LogP contribution in [0.3, 0.4) is 0 Å². The van der Waals surface area contributed by atoms with E-state index in [1.165, 1.54) is 32.4 Å². The molecule has 1 fully saturated rings. The molecule has 1 N–H and O–H groups in total. The van der Waals surface area contributed by atoms with Crippen LogP contribution >= 0.6 is 0 Å². The van der Waals surface area contributed by atoms with E-state index in [0.29, 0.717) is 6.61 Å². The number of nitrogens with one attached hydrogen (secondary N) is 1. The predicted molar refractivity (Wildman–Crippen MR) is 86.1 cm³/mol. The lowest BCUT2D eigenvalue weighted by Gasteiger charge is -2.26. The quantitative estimate of drug-likeness (QED) is 0.837. The molecule has 0 bridgehead atoms. The number of likely N-dealkylation sites (tertiary alicyclic amines) is 1. The largest absolute Gasteiger partial charge is 0.476 e. The van der Waals surface area contributed by atoms with E-state index < -0.39 is 0 Å². The highest BCUT2D eigenvalue weighted by Gasteiger charge is 2.13. The monoisotopic (exact) mass is 292 g/mol. The van der Waals surface area contributed by atoms with Gasteiger partial charge in [-0.1, -0.05) is 13.3 Å². The van der Waals surface area contributed by atoms with Crippen LogP contribution in [0.5, 0.6) is 5.88 Å². The minimum atomic E-state index is 0.701. The van der Waals surface area contributed by atoms with Crippen molar-refractivity contribution in [2.24, 2.45) is 0 Å². The molecule has 118 valence electrons. The van der Waals surface area contributed by atoms with E-state index in [1.807, 2.05) is 14.0 Å². The summed E-state index contributed by atoms with van der Waals surface area (Å²) in [6.45, 7) is 8.24. The van der Waals surface area contributed by atoms with Gasteiger partial charge in [-0.05, 0) is 39.3 Å². The van der Waals surface area contributed by atoms with Crippen molar-refractivity contribution in [3.8, 4) is 5.88 Å². The van der Waals surface area contributed by atoms with E-state index in [-0.39, 0.29) is 0 Å². The third-order valence-electron chi connectivity index (χ3n) is 3.95. The van der Waals surface area contributed by atoms with Crippen molar-refractivity contribution in [1.29, 1.82) is 0 Å². The molecule has 0 spiro atoms. The average Bonchev–Trinajstić information content (AvgIpc) is 2.51. The van der Waals surface area contributed by atoms with Gasteiger partial charge in [0.05, 0.1) is 5.56 Å². The van der Waals surface area contributed by atoms with Crippen LogP contribution in [0.15, 0.2) is 0 Å². The summed E-state index contributed by atoms with van der Waals surface area (Å²) in [4.78, 5) is 11.6. The number of anilines is 1. The summed E-state index contributed by atoms with van der Waals surface area (Å²) in [5.74, 6) is 2.47. The summed E-state index contributed by atoms with van der Waals surface area (Å²) in [6, 6.07) is 0. The lowest BCUT2D eigenvalue weighted by atomic mass is 10.1. The van der Waals surface area contributed by atoms with Gasteiger partial charge in [-0.25, -0.2) is 4.98 Å². The smallest absolute Gasteiger partial charge is 0.221 e. The molecular formula is C16H28N4O. The number of hydrogen-bond donors (Lipinski definition) is 1. The van der Waals surface area contributed by atoms with E-state index in [0.717, 1.165) is 42.5 Å². The minimum Gasteiger partial charge on any atom is -0.476 e. The Morgan fingerprint density at radius 1 is 1.19 bits per heavy atom. The zero-order valence-corrected chi connectivity index (χ0v) is 13.6. The van der Waals surface area contributed by atoms with Crippen LogP contribution in [0.4, 0.5) is 5.82 Å². The van der Waals surface area contributed by atoms with Gasteiger partial charge in [0.15, 0.2) is 0 Å². The Morgan fingerprint density at radius 2 is 1.95 bits per heavy atom. The summed E-state index contributed by atoms with van der Waals surface area (Å²) in [5, 5.41) is 3.13. The van der Waals surface area contributed by atoms with Gasteiger partial charge in [0, 0.05) is 20.0 Å². The standard InChI is InChI=1S/C16H28N4O/c1-4-8-14-18-15(17-3)13(2)16(19-14)21-12-11-20-9-6-5-7-10-20/h4-12H2,1-3H3,(H,17,18,19). The SMILES string of the molecule is CCCc1nc(NC)c(C)c(OCCN2CCCCC2)n1. The molecule has 0 aromatic carbocycles. The van der Waals surface area contributed by atoms with Gasteiger partial charge in [-0.3, -0.25) is 4.90 Å². The van der Waals surface area contributed by atoms with Crippen LogP contribution in [-0.4, -0.2) is 48.2 Å². The Hall–Kier alpha value is -1.36. The summed E-state index contributed by atoms with van der Waals surface area (Å²) < 4.78 is 5.94. The summed E-state index contributed by atoms with van der Waals surface area (Å²) >= 11 is 0. The Balaban J connectivity index is 1.95. The van der Waals surface area contributed by atoms with Crippen molar-refractivity contribution in [3.63, 3.8) is 0 Å². The molecule has 0 atom stereocenters. The number of aromatic nitrogens is 2. The first-order valence-electron chi connectivity index (χ1n) is 8.15. The summed E-state index contributed by atoms with van der Waals surface area (Å²) in [6.07, 6.45) is 5.93. The van der Waals surface area contributed by atoms with Crippen LogP contribution in [0.25, 0.3) is 0 Å². The van der Waals surface area contributed by atoms with Gasteiger partial charge in [0.1, 0.15) is 18.2 Å². The van der Waals surface area contributed by atoms with Crippen LogP contribution in [0.1, 0.15) is 44.0 Å². The molecule has 0 amide bonds. The second kappa shape index (κ2) is 8.17. The number of piperidine rings is 1. The van der Waals surface area contributed by atoms with Gasteiger partial charge in [-0.2, -0.15) is 4.98 Å². The Morgan fingerprint density at radius 3 is 2.62 bits per heavy atom. The maximum Gasteiger partial charge on any atom is 0.221 e. The van der Waals surface area contributed by atoms with Crippen LogP contribution in [-0.2, 0) is 6.42 Å². The molecule has 21 heavy (non-hydrogen) atoms. The zero-order valence-electron chi connectivity index (χ0n) is 13.6. The van der Waals surface area contributed by atoms with E-state index in [1.54, 1.807) is 0 Å². The summed E-state index contributed by atoms with van der Waals surface area (Å²) in [5.41, 5.74) is 0.996. The van der Waals surface area contributed by atoms with Crippen molar-refractivity contribution >= 4 is 5.82 Å². The third-order valence-corrected chi connectivity index (χ3v) is 3.95. The van der Waals surface area contributed by atoms with Crippen molar-refractivity contribution in [1.82, 2.24) is 14.9 Å². The zero-order chi connectivity index (χ0) is 15.1. The fourth-order valence-electron chi connectivity index (χ4n) is 2.71. The van der Waals surface area contributed by atoms with Crippen molar-refractivity contribution in [3.05, 3.63) is 11.4 Å². The summed E-state index contributed by atoms with van der Waals surface area (Å²) in [7, 11) is 1.89. The van der Waals surface area contributed by atoms with Gasteiger partial charge >= 0.3 is 0 Å². The van der Waals surface area contributed by atoms with Crippen molar-refractivity contribution in [2.45, 2.75) is 46.0 Å². The molecule has 1 saturated heterocycles. The number of hydrogen-bond acceptors (Lipinski definition) is 5. The highest BCUT2D eigenvalue weighted by Crippen LogP contribution is 2.22. The van der Waals surface area contributed by atoms with Gasteiger partial charge < -0.3 is 10.1 Å². The molecule has 1 aromatic heterocycles. The van der Waals surface area contributed by atoms with Crippen molar-refractivity contribution in [2.75, 3.05) is 38.6 Å². The first-order valence-corrected chi connectivity index (χ1v) is 8.15. The molecule has 1 aromatic rings. The maximum atomic E-state index is 5.94. The van der Waals surface area contributed by atoms with Crippen LogP contribution in [0, 0.1) is 6.92 Å². The predicted octanol–water partition coefficient (Wildman–Crippen LogP) is 2.64. The molecule has 0 radical (unpaired) electrons. The number of ether oxygens (including phenoxy) is 1. The molecule has 5 nitrogen and oxygen atoms in total. The van der Waals surface area contributed by atoms with Crippen LogP contribution < -0.4 is 10.1 Å². The molecule has 1 aliphatic rings. The molecule has 0 unspecified atom stereocenters. The highest BCUT2D eigenvalue weighted by molar-refractivity contribution is 5.48. The Kier molecular flexibility index (Phi) is 6.23. The molecule has 0 aliphatic carbocycles. The van der Waals surface area contributed by atoms with Crippen LogP contribution in [0.2, 0.25) is 0 Å². The molecule has 5 heteroatoms. The average molecular weight is 292 g/mol. The molecule has 1 aliphatic heterocycles. The van der Waals surface area contributed by atoms with E-state index in [4.69, 9.17) is 4.74 Å². The normalized spacial score (nSPS) is 16.0. The number of nitrogens with zero attached hydrogens (tertiary/aromatic N) is 3. The second-order valence-electron chi connectivity index (χ2n) is 5.67. The molecule has 2 heterocycles. The lowest BCUT2D eigenvalue weighted by molar-refractivity contribution is 0.180. The number of aryl methyl sites for hydroxylation is 1. The molecule has 2 rings (SSSR count). The van der Waals surface area contributed by atoms with E-state index in [2.05, 4.69) is 27.1 Å². The first kappa shape index (κ1) is 16.0. The Labute approximate surface area is 128 Å². The minimum absolute atomic E-state index is 0.701. The van der Waals surface area contributed by atoms with E-state index >= 15 is 0 Å². The number of rotatable bonds is 7. The fraction of sp³-hybridized carbons (Fsp3) is 0.750. The van der Waals surface area contributed by atoms with Gasteiger partial charge in [0.25, 0.3) is 0 Å². The van der Waals surface area contributed by atoms with Gasteiger partial charge in [0.2, 0.25) is 5.88 Å². The fourth-order valence-corrected chi connectivity index (χ4v) is 2.71. The first-order chi connectivity index (χ1) is 10.2.